The van der Waals surface area contributed by atoms with Crippen LogP contribution in [0, 0.1) is 0 Å². The van der Waals surface area contributed by atoms with Gasteiger partial charge < -0.3 is 0 Å². The number of carbonyl (C=O) groups is 1. The summed E-state index contributed by atoms with van der Waals surface area (Å²) in [6.45, 7) is 0. The summed E-state index contributed by atoms with van der Waals surface area (Å²) in [5.74, 6) is -0.314. The molecular weight excluding hydrogens is 251 g/mol. The maximum absolute atomic E-state index is 12.4. The fourth-order valence-electron chi connectivity index (χ4n) is 2.04. The van der Waals surface area contributed by atoms with E-state index in [9.17, 15) is 18.0 Å². The number of halogens is 3. The molecule has 2 rings (SSSR count). The van der Waals surface area contributed by atoms with Crippen molar-refractivity contribution in [3.63, 3.8) is 0 Å². The van der Waals surface area contributed by atoms with E-state index in [0.717, 1.165) is 19.3 Å². The largest absolute Gasteiger partial charge is 0.443 e. The Labute approximate surface area is 101 Å². The lowest BCUT2D eigenvalue weighted by atomic mass is 9.98. The normalized spacial score (nSPS) is 22.5. The lowest BCUT2D eigenvalue weighted by Gasteiger charge is -2.09. The van der Waals surface area contributed by atoms with E-state index in [1.165, 1.54) is 6.20 Å². The summed E-state index contributed by atoms with van der Waals surface area (Å²) in [6, 6.07) is 0. The van der Waals surface area contributed by atoms with Gasteiger partial charge >= 0.3 is 6.18 Å². The van der Waals surface area contributed by atoms with Gasteiger partial charge in [-0.05, 0) is 12.8 Å². The predicted molar refractivity (Wildman–Crippen MR) is 57.9 cm³/mol. The van der Waals surface area contributed by atoms with E-state index < -0.39 is 11.2 Å². The van der Waals surface area contributed by atoms with Gasteiger partial charge in [0.2, 0.25) is 0 Å². The van der Waals surface area contributed by atoms with Crippen LogP contribution in [0.25, 0.3) is 0 Å². The SMILES string of the molecule is O=C1CCCCCC1c1cnc(C(F)(F)F)s1. The fourth-order valence-corrected chi connectivity index (χ4v) is 2.98. The highest BCUT2D eigenvalue weighted by molar-refractivity contribution is 7.11. The van der Waals surface area contributed by atoms with Crippen molar-refractivity contribution in [1.29, 1.82) is 0 Å². The van der Waals surface area contributed by atoms with E-state index in [1.807, 2.05) is 0 Å². The van der Waals surface area contributed by atoms with E-state index in [1.54, 1.807) is 0 Å². The third-order valence-electron chi connectivity index (χ3n) is 2.91. The topological polar surface area (TPSA) is 30.0 Å². The summed E-state index contributed by atoms with van der Waals surface area (Å²) in [5, 5.41) is -0.857. The highest BCUT2D eigenvalue weighted by atomic mass is 32.1. The number of aromatic nitrogens is 1. The van der Waals surface area contributed by atoms with Crippen LogP contribution in [0.4, 0.5) is 13.2 Å². The average Bonchev–Trinajstić information content (AvgIpc) is 2.63. The van der Waals surface area contributed by atoms with Crippen LogP contribution >= 0.6 is 11.3 Å². The standard InChI is InChI=1S/C11H12F3NOS/c12-11(13,14)10-15-6-9(17-10)7-4-2-1-3-5-8(7)16/h6-7H,1-5H2. The van der Waals surface area contributed by atoms with Crippen LogP contribution in [0.3, 0.4) is 0 Å². The van der Waals surface area contributed by atoms with Crippen molar-refractivity contribution in [3.05, 3.63) is 16.1 Å². The Morgan fingerprint density at radius 1 is 1.29 bits per heavy atom. The van der Waals surface area contributed by atoms with Crippen molar-refractivity contribution in [2.75, 3.05) is 0 Å². The third kappa shape index (κ3) is 2.86. The van der Waals surface area contributed by atoms with Gasteiger partial charge in [-0.1, -0.05) is 12.8 Å². The molecule has 1 saturated carbocycles. The zero-order valence-electron chi connectivity index (χ0n) is 9.09. The van der Waals surface area contributed by atoms with Crippen LogP contribution in [-0.2, 0) is 11.0 Å². The molecule has 17 heavy (non-hydrogen) atoms. The molecule has 0 aromatic carbocycles. The van der Waals surface area contributed by atoms with Gasteiger partial charge in [-0.2, -0.15) is 13.2 Å². The molecule has 1 aliphatic rings. The molecule has 0 amide bonds. The third-order valence-corrected chi connectivity index (χ3v) is 4.07. The molecule has 1 aromatic rings. The Morgan fingerprint density at radius 2 is 2.06 bits per heavy atom. The summed E-state index contributed by atoms with van der Waals surface area (Å²) in [4.78, 5) is 15.6. The number of ketones is 1. The molecule has 1 aromatic heterocycles. The van der Waals surface area contributed by atoms with Crippen molar-refractivity contribution in [2.24, 2.45) is 0 Å². The highest BCUT2D eigenvalue weighted by Gasteiger charge is 2.36. The first kappa shape index (κ1) is 12.5. The van der Waals surface area contributed by atoms with E-state index in [4.69, 9.17) is 0 Å². The maximum Gasteiger partial charge on any atom is 0.443 e. The number of hydrogen-bond acceptors (Lipinski definition) is 3. The Balaban J connectivity index is 2.21. The first-order chi connectivity index (χ1) is 7.98. The lowest BCUT2D eigenvalue weighted by molar-refractivity contribution is -0.137. The second-order valence-corrected chi connectivity index (χ2v) is 5.25. The second kappa shape index (κ2) is 4.76. The summed E-state index contributed by atoms with van der Waals surface area (Å²) in [6.07, 6.45) is 0.656. The summed E-state index contributed by atoms with van der Waals surface area (Å²) in [7, 11) is 0. The lowest BCUT2D eigenvalue weighted by Crippen LogP contribution is -2.08. The fraction of sp³-hybridized carbons (Fsp3) is 0.636. The van der Waals surface area contributed by atoms with Gasteiger partial charge in [-0.15, -0.1) is 11.3 Å². The molecule has 94 valence electrons. The van der Waals surface area contributed by atoms with Crippen molar-refractivity contribution in [2.45, 2.75) is 44.2 Å². The van der Waals surface area contributed by atoms with Crippen molar-refractivity contribution < 1.29 is 18.0 Å². The van der Waals surface area contributed by atoms with Crippen LogP contribution in [0.5, 0.6) is 0 Å². The Hall–Kier alpha value is -0.910. The van der Waals surface area contributed by atoms with E-state index in [-0.39, 0.29) is 11.7 Å². The highest BCUT2D eigenvalue weighted by Crippen LogP contribution is 2.37. The first-order valence-electron chi connectivity index (χ1n) is 5.54. The smallest absolute Gasteiger partial charge is 0.299 e. The minimum absolute atomic E-state index is 0.0554. The van der Waals surface area contributed by atoms with Crippen LogP contribution in [0.15, 0.2) is 6.20 Å². The molecule has 1 unspecified atom stereocenters. The Kier molecular flexibility index (Phi) is 3.51. The van der Waals surface area contributed by atoms with Crippen LogP contribution in [-0.4, -0.2) is 10.8 Å². The number of carbonyl (C=O) groups excluding carboxylic acids is 1. The number of alkyl halides is 3. The average molecular weight is 263 g/mol. The van der Waals surface area contributed by atoms with Gasteiger partial charge in [0.05, 0.1) is 5.92 Å². The van der Waals surface area contributed by atoms with E-state index in [0.29, 0.717) is 29.1 Å². The molecular formula is C11H12F3NOS. The molecule has 2 nitrogen and oxygen atoms in total. The zero-order chi connectivity index (χ0) is 12.5. The first-order valence-corrected chi connectivity index (χ1v) is 6.36. The maximum atomic E-state index is 12.4. The van der Waals surface area contributed by atoms with Gasteiger partial charge in [0.25, 0.3) is 0 Å². The minimum atomic E-state index is -4.41. The molecule has 0 bridgehead atoms. The molecule has 1 aliphatic carbocycles. The van der Waals surface area contributed by atoms with Gasteiger partial charge in [0.1, 0.15) is 5.78 Å². The summed E-state index contributed by atoms with van der Waals surface area (Å²) < 4.78 is 37.2. The van der Waals surface area contributed by atoms with Gasteiger partial charge in [-0.25, -0.2) is 4.98 Å². The quantitative estimate of drug-likeness (QED) is 0.722. The number of hydrogen-bond donors (Lipinski definition) is 0. The molecule has 0 N–H and O–H groups in total. The zero-order valence-corrected chi connectivity index (χ0v) is 9.90. The van der Waals surface area contributed by atoms with E-state index >= 15 is 0 Å². The minimum Gasteiger partial charge on any atom is -0.299 e. The Bertz CT molecular complexity index is 413. The van der Waals surface area contributed by atoms with Crippen LogP contribution in [0.2, 0.25) is 0 Å². The molecule has 6 heteroatoms. The van der Waals surface area contributed by atoms with Gasteiger partial charge in [-0.3, -0.25) is 4.79 Å². The molecule has 0 saturated heterocycles. The Morgan fingerprint density at radius 3 is 2.71 bits per heavy atom. The van der Waals surface area contributed by atoms with Gasteiger partial charge in [0.15, 0.2) is 5.01 Å². The molecule has 1 atom stereocenters. The number of rotatable bonds is 1. The van der Waals surface area contributed by atoms with E-state index in [2.05, 4.69) is 4.98 Å². The van der Waals surface area contributed by atoms with Crippen LogP contribution in [0.1, 0.15) is 47.9 Å². The number of thiazole rings is 1. The monoisotopic (exact) mass is 263 g/mol. The number of nitrogens with zero attached hydrogens (tertiary/aromatic N) is 1. The van der Waals surface area contributed by atoms with Crippen molar-refractivity contribution >= 4 is 17.1 Å². The summed E-state index contributed by atoms with van der Waals surface area (Å²) in [5.41, 5.74) is 0. The molecule has 1 heterocycles. The van der Waals surface area contributed by atoms with Crippen molar-refractivity contribution in [1.82, 2.24) is 4.98 Å². The van der Waals surface area contributed by atoms with Crippen molar-refractivity contribution in [3.8, 4) is 0 Å². The predicted octanol–water partition coefficient (Wildman–Crippen LogP) is 3.78. The molecule has 0 spiro atoms. The van der Waals surface area contributed by atoms with Crippen LogP contribution < -0.4 is 0 Å². The van der Waals surface area contributed by atoms with Gasteiger partial charge in [0, 0.05) is 17.5 Å². The molecule has 0 radical (unpaired) electrons. The second-order valence-electron chi connectivity index (χ2n) is 4.18. The molecule has 0 aliphatic heterocycles. The summed E-state index contributed by atoms with van der Waals surface area (Å²) >= 11 is 0.602. The molecule has 1 fully saturated rings. The number of Topliss-reactive ketones (excluding diaryl/α,β-unsaturated/α-hetero) is 1.